The lowest BCUT2D eigenvalue weighted by Crippen LogP contribution is -2.44. The number of aromatic nitrogens is 2. The highest BCUT2D eigenvalue weighted by Crippen LogP contribution is 2.26. The van der Waals surface area contributed by atoms with Crippen LogP contribution in [-0.4, -0.2) is 61.2 Å². The van der Waals surface area contributed by atoms with E-state index in [0.29, 0.717) is 44.9 Å². The summed E-state index contributed by atoms with van der Waals surface area (Å²) >= 11 is 0. The molecule has 0 radical (unpaired) electrons. The molecule has 8 heteroatoms. The van der Waals surface area contributed by atoms with Crippen LogP contribution >= 0.6 is 0 Å². The van der Waals surface area contributed by atoms with Gasteiger partial charge in [-0.05, 0) is 25.7 Å². The summed E-state index contributed by atoms with van der Waals surface area (Å²) in [5.41, 5.74) is 0. The van der Waals surface area contributed by atoms with E-state index in [-0.39, 0.29) is 5.25 Å². The van der Waals surface area contributed by atoms with Crippen LogP contribution in [0.5, 0.6) is 5.88 Å². The van der Waals surface area contributed by atoms with E-state index < -0.39 is 10.0 Å². The molecule has 0 bridgehead atoms. The Kier molecular flexibility index (Phi) is 4.49. The highest BCUT2D eigenvalue weighted by molar-refractivity contribution is 7.89. The van der Waals surface area contributed by atoms with Crippen LogP contribution in [0.25, 0.3) is 0 Å². The second-order valence-corrected chi connectivity index (χ2v) is 7.97. The maximum absolute atomic E-state index is 12.6. The monoisotopic (exact) mass is 326 g/mol. The molecule has 2 aliphatic rings. The average Bonchev–Trinajstić information content (AvgIpc) is 3.10. The summed E-state index contributed by atoms with van der Waals surface area (Å²) in [6, 6.07) is 1.79. The molecule has 2 fully saturated rings. The largest absolute Gasteiger partial charge is 0.481 e. The molecule has 1 aromatic heterocycles. The molecule has 3 heterocycles. The van der Waals surface area contributed by atoms with Crippen molar-refractivity contribution in [2.24, 2.45) is 0 Å². The summed E-state index contributed by atoms with van der Waals surface area (Å²) in [5, 5.41) is -0.259. The normalized spacial score (nSPS) is 21.2. The van der Waals surface area contributed by atoms with Crippen LogP contribution in [0.1, 0.15) is 25.7 Å². The minimum atomic E-state index is -3.13. The van der Waals surface area contributed by atoms with Crippen molar-refractivity contribution in [2.45, 2.75) is 30.9 Å². The van der Waals surface area contributed by atoms with Gasteiger partial charge in [0.25, 0.3) is 0 Å². The number of rotatable bonds is 4. The summed E-state index contributed by atoms with van der Waals surface area (Å²) in [7, 11) is -1.56. The van der Waals surface area contributed by atoms with Crippen LogP contribution in [-0.2, 0) is 10.0 Å². The van der Waals surface area contributed by atoms with E-state index in [1.807, 2.05) is 0 Å². The van der Waals surface area contributed by atoms with Gasteiger partial charge in [0.15, 0.2) is 0 Å². The van der Waals surface area contributed by atoms with E-state index in [4.69, 9.17) is 4.74 Å². The Morgan fingerprint density at radius 3 is 2.45 bits per heavy atom. The van der Waals surface area contributed by atoms with Gasteiger partial charge in [-0.3, -0.25) is 0 Å². The molecular formula is C14H22N4O3S. The van der Waals surface area contributed by atoms with E-state index in [9.17, 15) is 8.42 Å². The molecular weight excluding hydrogens is 304 g/mol. The maximum Gasteiger partial charge on any atom is 0.218 e. The lowest BCUT2D eigenvalue weighted by Gasteiger charge is -2.34. The molecule has 1 aromatic rings. The van der Waals surface area contributed by atoms with Crippen LogP contribution < -0.4 is 9.64 Å². The first kappa shape index (κ1) is 15.5. The van der Waals surface area contributed by atoms with Gasteiger partial charge < -0.3 is 9.64 Å². The molecule has 0 spiro atoms. The van der Waals surface area contributed by atoms with Crippen molar-refractivity contribution in [3.05, 3.63) is 12.4 Å². The van der Waals surface area contributed by atoms with Crippen molar-refractivity contribution in [2.75, 3.05) is 38.2 Å². The van der Waals surface area contributed by atoms with E-state index >= 15 is 0 Å². The Labute approximate surface area is 131 Å². The minimum absolute atomic E-state index is 0.259. The third-order valence-corrected chi connectivity index (χ3v) is 6.85. The van der Waals surface area contributed by atoms with Gasteiger partial charge in [-0.2, -0.15) is 0 Å². The number of piperidine rings is 1. The summed E-state index contributed by atoms with van der Waals surface area (Å²) in [4.78, 5) is 10.3. The maximum atomic E-state index is 12.6. The first-order chi connectivity index (χ1) is 10.6. The van der Waals surface area contributed by atoms with Crippen molar-refractivity contribution >= 4 is 15.8 Å². The SMILES string of the molecule is COc1cc(N2CCC(S(=O)(=O)N3CCCC3)CC2)ncn1. The Morgan fingerprint density at radius 2 is 1.82 bits per heavy atom. The zero-order valence-corrected chi connectivity index (χ0v) is 13.6. The molecule has 0 aromatic carbocycles. The van der Waals surface area contributed by atoms with Crippen LogP contribution in [0.4, 0.5) is 5.82 Å². The molecule has 0 amide bonds. The van der Waals surface area contributed by atoms with Crippen LogP contribution in [0.2, 0.25) is 0 Å². The predicted octanol–water partition coefficient (Wildman–Crippen LogP) is 0.880. The minimum Gasteiger partial charge on any atom is -0.481 e. The topological polar surface area (TPSA) is 75.6 Å². The smallest absolute Gasteiger partial charge is 0.218 e. The van der Waals surface area contributed by atoms with E-state index in [1.165, 1.54) is 6.33 Å². The summed E-state index contributed by atoms with van der Waals surface area (Å²) < 4.78 is 32.0. The molecule has 0 aliphatic carbocycles. The fraction of sp³-hybridized carbons (Fsp3) is 0.714. The molecule has 0 saturated carbocycles. The Morgan fingerprint density at radius 1 is 1.14 bits per heavy atom. The molecule has 0 N–H and O–H groups in total. The van der Waals surface area contributed by atoms with Gasteiger partial charge in [0.1, 0.15) is 12.1 Å². The Bertz CT molecular complexity index is 608. The van der Waals surface area contributed by atoms with Crippen molar-refractivity contribution < 1.29 is 13.2 Å². The second kappa shape index (κ2) is 6.37. The highest BCUT2D eigenvalue weighted by atomic mass is 32.2. The third kappa shape index (κ3) is 3.03. The van der Waals surface area contributed by atoms with Gasteiger partial charge in [0, 0.05) is 32.2 Å². The number of sulfonamides is 1. The molecule has 122 valence electrons. The van der Waals surface area contributed by atoms with Gasteiger partial charge in [-0.25, -0.2) is 22.7 Å². The first-order valence-corrected chi connectivity index (χ1v) is 9.21. The molecule has 7 nitrogen and oxygen atoms in total. The Hall–Kier alpha value is -1.41. The van der Waals surface area contributed by atoms with Crippen molar-refractivity contribution in [1.29, 1.82) is 0 Å². The lowest BCUT2D eigenvalue weighted by molar-refractivity contribution is 0.396. The number of nitrogens with zero attached hydrogens (tertiary/aromatic N) is 4. The second-order valence-electron chi connectivity index (χ2n) is 5.76. The fourth-order valence-electron chi connectivity index (χ4n) is 3.15. The average molecular weight is 326 g/mol. The number of hydrogen-bond donors (Lipinski definition) is 0. The van der Waals surface area contributed by atoms with Crippen molar-refractivity contribution in [1.82, 2.24) is 14.3 Å². The predicted molar refractivity (Wildman–Crippen MR) is 83.5 cm³/mol. The molecule has 0 atom stereocenters. The first-order valence-electron chi connectivity index (χ1n) is 7.71. The number of hydrogen-bond acceptors (Lipinski definition) is 6. The van der Waals surface area contributed by atoms with Gasteiger partial charge in [0.05, 0.1) is 12.4 Å². The van der Waals surface area contributed by atoms with Crippen molar-refractivity contribution in [3.63, 3.8) is 0 Å². The number of methoxy groups -OCH3 is 1. The number of anilines is 1. The fourth-order valence-corrected chi connectivity index (χ4v) is 5.15. The number of ether oxygens (including phenoxy) is 1. The summed E-state index contributed by atoms with van der Waals surface area (Å²) in [5.74, 6) is 1.32. The van der Waals surface area contributed by atoms with Gasteiger partial charge in [0.2, 0.25) is 15.9 Å². The van der Waals surface area contributed by atoms with E-state index in [0.717, 1.165) is 18.7 Å². The van der Waals surface area contributed by atoms with Gasteiger partial charge >= 0.3 is 0 Å². The molecule has 22 heavy (non-hydrogen) atoms. The zero-order chi connectivity index (χ0) is 15.6. The highest BCUT2D eigenvalue weighted by Gasteiger charge is 2.36. The van der Waals surface area contributed by atoms with Gasteiger partial charge in [-0.1, -0.05) is 0 Å². The van der Waals surface area contributed by atoms with Crippen molar-refractivity contribution in [3.8, 4) is 5.88 Å². The summed E-state index contributed by atoms with van der Waals surface area (Å²) in [6.45, 7) is 2.76. The standard InChI is InChI=1S/C14H22N4O3S/c1-21-14-10-13(15-11-16-14)17-8-4-12(5-9-17)22(19,20)18-6-2-3-7-18/h10-12H,2-9H2,1H3. The molecule has 3 rings (SSSR count). The van der Waals surface area contributed by atoms with Crippen LogP contribution in [0, 0.1) is 0 Å². The molecule has 2 saturated heterocycles. The third-order valence-electron chi connectivity index (χ3n) is 4.45. The molecule has 0 unspecified atom stereocenters. The van der Waals surface area contributed by atoms with Gasteiger partial charge in [-0.15, -0.1) is 0 Å². The quantitative estimate of drug-likeness (QED) is 0.817. The summed E-state index contributed by atoms with van der Waals surface area (Å²) in [6.07, 6.45) is 4.73. The Balaban J connectivity index is 1.64. The van der Waals surface area contributed by atoms with Crippen LogP contribution in [0.15, 0.2) is 12.4 Å². The molecule has 2 aliphatic heterocycles. The lowest BCUT2D eigenvalue weighted by atomic mass is 10.1. The van der Waals surface area contributed by atoms with E-state index in [2.05, 4.69) is 14.9 Å². The van der Waals surface area contributed by atoms with Crippen LogP contribution in [0.3, 0.4) is 0 Å². The van der Waals surface area contributed by atoms with E-state index in [1.54, 1.807) is 17.5 Å². The zero-order valence-electron chi connectivity index (χ0n) is 12.8.